The number of ether oxygens (including phenoxy) is 2. The molecule has 0 aliphatic rings. The quantitative estimate of drug-likeness (QED) is 0.645. The minimum Gasteiger partial charge on any atom is -0.497 e. The van der Waals surface area contributed by atoms with E-state index >= 15 is 0 Å². The first-order valence-electron chi connectivity index (χ1n) is 8.13. The molecule has 0 aliphatic heterocycles. The average Bonchev–Trinajstić information content (AvgIpc) is 3.08. The third-order valence-electron chi connectivity index (χ3n) is 4.03. The van der Waals surface area contributed by atoms with Gasteiger partial charge in [-0.05, 0) is 18.2 Å². The van der Waals surface area contributed by atoms with Gasteiger partial charge in [0.25, 0.3) is 0 Å². The Kier molecular flexibility index (Phi) is 5.68. The fourth-order valence-electron chi connectivity index (χ4n) is 2.58. The van der Waals surface area contributed by atoms with Gasteiger partial charge in [-0.3, -0.25) is 4.79 Å². The van der Waals surface area contributed by atoms with Gasteiger partial charge in [0.15, 0.2) is 5.16 Å². The number of benzene rings is 2. The van der Waals surface area contributed by atoms with Crippen molar-refractivity contribution in [2.45, 2.75) is 11.7 Å². The van der Waals surface area contributed by atoms with Crippen molar-refractivity contribution in [1.82, 2.24) is 14.9 Å². The third kappa shape index (κ3) is 4.11. The van der Waals surface area contributed by atoms with Gasteiger partial charge in [-0.2, -0.15) is 0 Å². The maximum Gasteiger partial charge on any atom is 0.233 e. The molecule has 0 spiro atoms. The van der Waals surface area contributed by atoms with Crippen LogP contribution in [0.5, 0.6) is 11.5 Å². The summed E-state index contributed by atoms with van der Waals surface area (Å²) in [7, 11) is 5.05. The number of para-hydroxylation sites is 1. The monoisotopic (exact) mass is 371 g/mol. The fraction of sp³-hybridized carbons (Fsp3) is 0.263. The van der Waals surface area contributed by atoms with Crippen molar-refractivity contribution in [2.24, 2.45) is 0 Å². The van der Waals surface area contributed by atoms with E-state index < -0.39 is 0 Å². The largest absolute Gasteiger partial charge is 0.497 e. The molecule has 0 radical (unpaired) electrons. The Labute approximate surface area is 156 Å². The van der Waals surface area contributed by atoms with Crippen LogP contribution >= 0.6 is 11.8 Å². The zero-order chi connectivity index (χ0) is 18.5. The lowest BCUT2D eigenvalue weighted by molar-refractivity contribution is -0.127. The Morgan fingerprint density at radius 1 is 1.19 bits per heavy atom. The standard InChI is InChI=1S/C19H21N3O3S/c1-22(11-13-6-4-5-7-17(13)25-3)18(23)12-26-19-20-15-9-8-14(24-2)10-16(15)21-19/h4-10H,11-12H2,1-3H3,(H,20,21). The molecule has 1 heterocycles. The Morgan fingerprint density at radius 3 is 2.77 bits per heavy atom. The minimum absolute atomic E-state index is 0.0268. The Balaban J connectivity index is 1.61. The highest BCUT2D eigenvalue weighted by molar-refractivity contribution is 7.99. The molecule has 0 atom stereocenters. The fourth-order valence-corrected chi connectivity index (χ4v) is 3.40. The first-order chi connectivity index (χ1) is 12.6. The van der Waals surface area contributed by atoms with Crippen molar-refractivity contribution < 1.29 is 14.3 Å². The molecule has 0 unspecified atom stereocenters. The van der Waals surface area contributed by atoms with Crippen molar-refractivity contribution in [3.8, 4) is 11.5 Å². The molecule has 1 N–H and O–H groups in total. The summed E-state index contributed by atoms with van der Waals surface area (Å²) in [6.07, 6.45) is 0. The van der Waals surface area contributed by atoms with Gasteiger partial charge >= 0.3 is 0 Å². The predicted octanol–water partition coefficient (Wildman–Crippen LogP) is 3.33. The number of nitrogens with one attached hydrogen (secondary N) is 1. The number of hydrogen-bond donors (Lipinski definition) is 1. The summed E-state index contributed by atoms with van der Waals surface area (Å²) in [6, 6.07) is 13.4. The number of carbonyl (C=O) groups is 1. The van der Waals surface area contributed by atoms with Crippen LogP contribution in [0.4, 0.5) is 0 Å². The van der Waals surface area contributed by atoms with E-state index in [9.17, 15) is 4.79 Å². The van der Waals surface area contributed by atoms with Crippen molar-refractivity contribution in [2.75, 3.05) is 27.0 Å². The third-order valence-corrected chi connectivity index (χ3v) is 4.88. The van der Waals surface area contributed by atoms with E-state index in [4.69, 9.17) is 9.47 Å². The molecular weight excluding hydrogens is 350 g/mol. The smallest absolute Gasteiger partial charge is 0.233 e. The van der Waals surface area contributed by atoms with Crippen LogP contribution in [0.1, 0.15) is 5.56 Å². The number of amides is 1. The summed E-state index contributed by atoms with van der Waals surface area (Å²) < 4.78 is 10.6. The highest BCUT2D eigenvalue weighted by atomic mass is 32.2. The van der Waals surface area contributed by atoms with Crippen LogP contribution in [0.3, 0.4) is 0 Å². The van der Waals surface area contributed by atoms with Crippen LogP contribution in [0.2, 0.25) is 0 Å². The molecule has 0 fully saturated rings. The van der Waals surface area contributed by atoms with Crippen molar-refractivity contribution in [1.29, 1.82) is 0 Å². The molecule has 3 aromatic rings. The number of H-pyrrole nitrogens is 1. The molecule has 0 aliphatic carbocycles. The molecule has 1 amide bonds. The first-order valence-corrected chi connectivity index (χ1v) is 9.11. The lowest BCUT2D eigenvalue weighted by Gasteiger charge is -2.18. The molecule has 136 valence electrons. The lowest BCUT2D eigenvalue weighted by atomic mass is 10.2. The zero-order valence-electron chi connectivity index (χ0n) is 15.0. The van der Waals surface area contributed by atoms with Crippen molar-refractivity contribution in [3.05, 3.63) is 48.0 Å². The van der Waals surface area contributed by atoms with E-state index in [0.717, 1.165) is 28.1 Å². The number of imidazole rings is 1. The molecule has 3 rings (SSSR count). The van der Waals surface area contributed by atoms with Crippen LogP contribution in [0, 0.1) is 0 Å². The molecule has 0 bridgehead atoms. The number of rotatable bonds is 7. The second-order valence-corrected chi connectivity index (χ2v) is 6.74. The van der Waals surface area contributed by atoms with Crippen LogP contribution in [0.15, 0.2) is 47.6 Å². The number of methoxy groups -OCH3 is 2. The Morgan fingerprint density at radius 2 is 2.00 bits per heavy atom. The highest BCUT2D eigenvalue weighted by Gasteiger charge is 2.13. The van der Waals surface area contributed by atoms with Crippen molar-refractivity contribution >= 4 is 28.7 Å². The van der Waals surface area contributed by atoms with Crippen LogP contribution in [-0.2, 0) is 11.3 Å². The van der Waals surface area contributed by atoms with Gasteiger partial charge in [0, 0.05) is 25.2 Å². The topological polar surface area (TPSA) is 67.4 Å². The summed E-state index contributed by atoms with van der Waals surface area (Å²) >= 11 is 1.39. The van der Waals surface area contributed by atoms with Gasteiger partial charge < -0.3 is 19.4 Å². The van der Waals surface area contributed by atoms with Gasteiger partial charge in [-0.1, -0.05) is 30.0 Å². The summed E-state index contributed by atoms with van der Waals surface area (Å²) in [6.45, 7) is 0.501. The summed E-state index contributed by atoms with van der Waals surface area (Å²) in [4.78, 5) is 21.8. The lowest BCUT2D eigenvalue weighted by Crippen LogP contribution is -2.28. The van der Waals surface area contributed by atoms with Gasteiger partial charge in [-0.25, -0.2) is 4.98 Å². The van der Waals surface area contributed by atoms with E-state index in [-0.39, 0.29) is 5.91 Å². The van der Waals surface area contributed by atoms with E-state index in [1.807, 2.05) is 42.5 Å². The molecule has 2 aromatic carbocycles. The van der Waals surface area contributed by atoms with E-state index in [1.165, 1.54) is 11.8 Å². The summed E-state index contributed by atoms with van der Waals surface area (Å²) in [5, 5.41) is 0.715. The number of aromatic nitrogens is 2. The number of thioether (sulfide) groups is 1. The van der Waals surface area contributed by atoms with E-state index in [0.29, 0.717) is 17.5 Å². The Hall–Kier alpha value is -2.67. The number of nitrogens with zero attached hydrogens (tertiary/aromatic N) is 2. The number of aromatic amines is 1. The molecular formula is C19H21N3O3S. The summed E-state index contributed by atoms with van der Waals surface area (Å²) in [5.41, 5.74) is 2.72. The molecule has 0 saturated carbocycles. The predicted molar refractivity (Wildman–Crippen MR) is 103 cm³/mol. The van der Waals surface area contributed by atoms with Gasteiger partial charge in [0.05, 0.1) is 31.0 Å². The Bertz CT molecular complexity index is 910. The minimum atomic E-state index is 0.0268. The van der Waals surface area contributed by atoms with Crippen LogP contribution < -0.4 is 9.47 Å². The molecule has 26 heavy (non-hydrogen) atoms. The van der Waals surface area contributed by atoms with Gasteiger partial charge in [-0.15, -0.1) is 0 Å². The second kappa shape index (κ2) is 8.14. The summed E-state index contributed by atoms with van der Waals surface area (Å²) in [5.74, 6) is 1.89. The number of carbonyl (C=O) groups excluding carboxylic acids is 1. The molecule has 6 nitrogen and oxygen atoms in total. The van der Waals surface area contributed by atoms with E-state index in [2.05, 4.69) is 9.97 Å². The van der Waals surface area contributed by atoms with Gasteiger partial charge in [0.2, 0.25) is 5.91 Å². The average molecular weight is 371 g/mol. The molecule has 0 saturated heterocycles. The normalized spacial score (nSPS) is 10.7. The van der Waals surface area contributed by atoms with Gasteiger partial charge in [0.1, 0.15) is 11.5 Å². The molecule has 1 aromatic heterocycles. The molecule has 7 heteroatoms. The maximum atomic E-state index is 12.4. The van der Waals surface area contributed by atoms with Crippen LogP contribution in [0.25, 0.3) is 11.0 Å². The zero-order valence-corrected chi connectivity index (χ0v) is 15.8. The SMILES string of the molecule is COc1ccc2nc(SCC(=O)N(C)Cc3ccccc3OC)[nH]c2c1. The highest BCUT2D eigenvalue weighted by Crippen LogP contribution is 2.24. The second-order valence-electron chi connectivity index (χ2n) is 5.78. The number of fused-ring (bicyclic) bond motifs is 1. The first kappa shape index (κ1) is 18.1. The maximum absolute atomic E-state index is 12.4. The number of hydrogen-bond acceptors (Lipinski definition) is 5. The van der Waals surface area contributed by atoms with Crippen molar-refractivity contribution in [3.63, 3.8) is 0 Å². The van der Waals surface area contributed by atoms with Crippen LogP contribution in [-0.4, -0.2) is 47.8 Å². The van der Waals surface area contributed by atoms with E-state index in [1.54, 1.807) is 26.2 Å².